The fourth-order valence-corrected chi connectivity index (χ4v) is 2.85. The quantitative estimate of drug-likeness (QED) is 0.748. The lowest BCUT2D eigenvalue weighted by atomic mass is 9.86. The maximum atomic E-state index is 5.71. The number of thiophene rings is 1. The molecule has 1 aromatic heterocycles. The fourth-order valence-electron chi connectivity index (χ4n) is 1.78. The molecule has 1 aromatic rings. The van der Waals surface area contributed by atoms with Crippen LogP contribution in [0.1, 0.15) is 30.4 Å². The molecule has 3 heteroatoms. The topological polar surface area (TPSA) is 35.2 Å². The smallest absolute Gasteiger partial charge is 0.0958 e. The van der Waals surface area contributed by atoms with E-state index in [0.717, 1.165) is 6.61 Å². The third-order valence-electron chi connectivity index (χ3n) is 2.52. The van der Waals surface area contributed by atoms with Gasteiger partial charge in [-0.1, -0.05) is 13.8 Å². The Morgan fingerprint density at radius 3 is 3.15 bits per heavy atom. The molecule has 72 valence electrons. The Hall–Kier alpha value is -0.380. The number of ether oxygens (including phenoxy) is 1. The van der Waals surface area contributed by atoms with Crippen LogP contribution in [0.2, 0.25) is 0 Å². The fraction of sp³-hybridized carbons (Fsp3) is 0.600. The third-order valence-corrected chi connectivity index (χ3v) is 3.81. The molecule has 0 aliphatic carbocycles. The molecule has 13 heavy (non-hydrogen) atoms. The summed E-state index contributed by atoms with van der Waals surface area (Å²) >= 11 is 1.82. The Morgan fingerprint density at radius 2 is 2.46 bits per heavy atom. The average molecular weight is 197 g/mol. The highest BCUT2D eigenvalue weighted by atomic mass is 32.1. The van der Waals surface area contributed by atoms with Crippen molar-refractivity contribution < 1.29 is 4.74 Å². The summed E-state index contributed by atoms with van der Waals surface area (Å²) in [6.07, 6.45) is 0.120. The number of rotatable bonds is 1. The Kier molecular flexibility index (Phi) is 2.18. The van der Waals surface area contributed by atoms with Crippen molar-refractivity contribution in [2.45, 2.75) is 25.4 Å². The van der Waals surface area contributed by atoms with E-state index in [4.69, 9.17) is 10.5 Å². The molecule has 1 aliphatic rings. The van der Waals surface area contributed by atoms with Crippen LogP contribution in [0.3, 0.4) is 0 Å². The van der Waals surface area contributed by atoms with Gasteiger partial charge in [-0.2, -0.15) is 0 Å². The lowest BCUT2D eigenvalue weighted by Crippen LogP contribution is -2.33. The largest absolute Gasteiger partial charge is 0.371 e. The van der Waals surface area contributed by atoms with Crippen LogP contribution in [-0.4, -0.2) is 13.2 Å². The molecule has 0 amide bonds. The van der Waals surface area contributed by atoms with Crippen molar-refractivity contribution in [2.24, 2.45) is 5.73 Å². The van der Waals surface area contributed by atoms with Gasteiger partial charge >= 0.3 is 0 Å². The first kappa shape index (κ1) is 9.19. The number of hydrogen-bond acceptors (Lipinski definition) is 3. The maximum Gasteiger partial charge on any atom is 0.0958 e. The minimum absolute atomic E-state index is 0.120. The van der Waals surface area contributed by atoms with Crippen molar-refractivity contribution in [2.75, 3.05) is 13.2 Å². The summed E-state index contributed by atoms with van der Waals surface area (Å²) in [7, 11) is 0. The number of hydrogen-bond donors (Lipinski definition) is 1. The van der Waals surface area contributed by atoms with E-state index in [1.807, 2.05) is 11.3 Å². The normalized spacial score (nSPS) is 25.6. The predicted octanol–water partition coefficient (Wildman–Crippen LogP) is 2.06. The van der Waals surface area contributed by atoms with Gasteiger partial charge in [0.1, 0.15) is 0 Å². The molecule has 0 fully saturated rings. The minimum Gasteiger partial charge on any atom is -0.371 e. The summed E-state index contributed by atoms with van der Waals surface area (Å²) in [5.41, 5.74) is 7.10. The van der Waals surface area contributed by atoms with Crippen molar-refractivity contribution in [1.29, 1.82) is 0 Å². The molecule has 0 radical (unpaired) electrons. The molecular weight excluding hydrogens is 182 g/mol. The van der Waals surface area contributed by atoms with E-state index < -0.39 is 0 Å². The molecule has 1 atom stereocenters. The van der Waals surface area contributed by atoms with E-state index in [0.29, 0.717) is 6.54 Å². The molecule has 2 rings (SSSR count). The Balaban J connectivity index is 2.43. The van der Waals surface area contributed by atoms with Crippen molar-refractivity contribution in [3.05, 3.63) is 21.9 Å². The highest BCUT2D eigenvalue weighted by molar-refractivity contribution is 7.10. The zero-order valence-electron chi connectivity index (χ0n) is 8.04. The zero-order valence-corrected chi connectivity index (χ0v) is 8.86. The first-order chi connectivity index (χ1) is 6.15. The van der Waals surface area contributed by atoms with Crippen LogP contribution in [-0.2, 0) is 10.2 Å². The predicted molar refractivity (Wildman–Crippen MR) is 55.1 cm³/mol. The summed E-state index contributed by atoms with van der Waals surface area (Å²) < 4.78 is 5.71. The molecule has 2 nitrogen and oxygen atoms in total. The summed E-state index contributed by atoms with van der Waals surface area (Å²) in [4.78, 5) is 1.44. The lowest BCUT2D eigenvalue weighted by molar-refractivity contribution is 0.0141. The second-order valence-corrected chi connectivity index (χ2v) is 5.04. The first-order valence-corrected chi connectivity index (χ1v) is 5.42. The van der Waals surface area contributed by atoms with E-state index in [1.165, 1.54) is 10.4 Å². The van der Waals surface area contributed by atoms with E-state index in [2.05, 4.69) is 25.3 Å². The van der Waals surface area contributed by atoms with Crippen LogP contribution >= 0.6 is 11.3 Å². The van der Waals surface area contributed by atoms with Crippen LogP contribution in [0.4, 0.5) is 0 Å². The second-order valence-electron chi connectivity index (χ2n) is 4.12. The summed E-state index contributed by atoms with van der Waals surface area (Å²) in [5.74, 6) is 0. The van der Waals surface area contributed by atoms with Crippen LogP contribution in [0.15, 0.2) is 11.4 Å². The average Bonchev–Trinajstić information content (AvgIpc) is 2.54. The first-order valence-electron chi connectivity index (χ1n) is 4.54. The van der Waals surface area contributed by atoms with Crippen molar-refractivity contribution in [1.82, 2.24) is 0 Å². The molecule has 0 saturated heterocycles. The summed E-state index contributed by atoms with van der Waals surface area (Å²) in [6, 6.07) is 2.14. The Morgan fingerprint density at radius 1 is 1.69 bits per heavy atom. The van der Waals surface area contributed by atoms with Gasteiger partial charge in [-0.25, -0.2) is 0 Å². The maximum absolute atomic E-state index is 5.71. The minimum atomic E-state index is 0.120. The molecule has 1 aliphatic heterocycles. The van der Waals surface area contributed by atoms with Gasteiger partial charge in [-0.15, -0.1) is 11.3 Å². The van der Waals surface area contributed by atoms with Gasteiger partial charge in [0.15, 0.2) is 0 Å². The van der Waals surface area contributed by atoms with Gasteiger partial charge in [0, 0.05) is 16.8 Å². The van der Waals surface area contributed by atoms with Crippen molar-refractivity contribution >= 4 is 11.3 Å². The van der Waals surface area contributed by atoms with Gasteiger partial charge in [0.2, 0.25) is 0 Å². The molecule has 2 N–H and O–H groups in total. The van der Waals surface area contributed by atoms with Crippen LogP contribution in [0.5, 0.6) is 0 Å². The Labute approximate surface area is 82.7 Å². The van der Waals surface area contributed by atoms with E-state index in [1.54, 1.807) is 0 Å². The van der Waals surface area contributed by atoms with Crippen LogP contribution < -0.4 is 5.73 Å². The number of fused-ring (bicyclic) bond motifs is 1. The monoisotopic (exact) mass is 197 g/mol. The second kappa shape index (κ2) is 3.08. The highest BCUT2D eigenvalue weighted by Crippen LogP contribution is 2.40. The third kappa shape index (κ3) is 1.41. The SMILES string of the molecule is CC1(C)COC(CN)c2ccsc21. The van der Waals surface area contributed by atoms with Crippen LogP contribution in [0, 0.1) is 0 Å². The lowest BCUT2D eigenvalue weighted by Gasteiger charge is -2.34. The van der Waals surface area contributed by atoms with Crippen LogP contribution in [0.25, 0.3) is 0 Å². The van der Waals surface area contributed by atoms with E-state index in [-0.39, 0.29) is 11.5 Å². The molecule has 0 saturated carbocycles. The van der Waals surface area contributed by atoms with Gasteiger partial charge in [0.25, 0.3) is 0 Å². The summed E-state index contributed by atoms with van der Waals surface area (Å²) in [6.45, 7) is 5.80. The van der Waals surface area contributed by atoms with Crippen molar-refractivity contribution in [3.63, 3.8) is 0 Å². The molecule has 2 heterocycles. The molecular formula is C10H15NOS. The van der Waals surface area contributed by atoms with E-state index >= 15 is 0 Å². The highest BCUT2D eigenvalue weighted by Gasteiger charge is 2.33. The Bertz CT molecular complexity index is 306. The van der Waals surface area contributed by atoms with E-state index in [9.17, 15) is 0 Å². The van der Waals surface area contributed by atoms with Gasteiger partial charge < -0.3 is 10.5 Å². The van der Waals surface area contributed by atoms with Gasteiger partial charge in [0.05, 0.1) is 12.7 Å². The number of nitrogens with two attached hydrogens (primary N) is 1. The van der Waals surface area contributed by atoms with Gasteiger partial charge in [-0.3, -0.25) is 0 Å². The molecule has 1 unspecified atom stereocenters. The summed E-state index contributed by atoms with van der Waals surface area (Å²) in [5, 5.41) is 2.13. The molecule has 0 aromatic carbocycles. The molecule has 0 bridgehead atoms. The standard InChI is InChI=1S/C10H15NOS/c1-10(2)6-12-8(5-11)7-3-4-13-9(7)10/h3-4,8H,5-6,11H2,1-2H3. The van der Waals surface area contributed by atoms with Gasteiger partial charge in [-0.05, 0) is 17.0 Å². The van der Waals surface area contributed by atoms with Crippen molar-refractivity contribution in [3.8, 4) is 0 Å². The zero-order chi connectivity index (χ0) is 9.47. The molecule has 0 spiro atoms.